The minimum atomic E-state index is -0.255. The van der Waals surface area contributed by atoms with Crippen molar-refractivity contribution in [2.75, 3.05) is 0 Å². The Kier molecular flexibility index (Phi) is 17.1. The molecule has 2 aliphatic heterocycles. The molecule has 0 bridgehead atoms. The van der Waals surface area contributed by atoms with Gasteiger partial charge in [-0.15, -0.1) is 0 Å². The number of phenols is 1. The summed E-state index contributed by atoms with van der Waals surface area (Å²) >= 11 is 7.28. The van der Waals surface area contributed by atoms with Crippen molar-refractivity contribution in [3.8, 4) is 62.9 Å². The number of para-hydroxylation sites is 12. The molecular weight excluding hydrogens is 1620 g/mol. The van der Waals surface area contributed by atoms with E-state index in [1.165, 1.54) is 126 Å². The number of fused-ring (bicyclic) bond motifs is 22. The number of hydrogen-bond donors (Lipinski definition) is 1. The highest BCUT2D eigenvalue weighted by Gasteiger charge is 2.40. The molecule has 0 aliphatic carbocycles. The highest BCUT2D eigenvalue weighted by Crippen LogP contribution is 2.45. The number of aromatic nitrogens is 6. The van der Waals surface area contributed by atoms with Crippen molar-refractivity contribution in [3.63, 3.8) is 0 Å². The van der Waals surface area contributed by atoms with Gasteiger partial charge in [0.2, 0.25) is 0 Å². The molecule has 0 radical (unpaired) electrons. The summed E-state index contributed by atoms with van der Waals surface area (Å²) < 4.78 is 42.3. The zero-order valence-corrected chi connectivity index (χ0v) is 68.0. The van der Waals surface area contributed by atoms with Gasteiger partial charge in [0.1, 0.15) is 34.6 Å². The Hall–Kier alpha value is -14.9. The molecule has 2 aliphatic rings. The number of phenolic OH excluding ortho intramolecular Hbond substituents is 1. The van der Waals surface area contributed by atoms with Crippen LogP contribution in [0.15, 0.2) is 415 Å². The fourth-order valence-corrected chi connectivity index (χ4v) is 20.0. The largest absolute Gasteiger partial charge is 0.508 e. The number of rotatable bonds is 7. The van der Waals surface area contributed by atoms with Crippen molar-refractivity contribution in [3.05, 3.63) is 421 Å². The summed E-state index contributed by atoms with van der Waals surface area (Å²) in [6, 6.07) is 140. The average molecular weight is 1690 g/mol. The first-order valence-electron chi connectivity index (χ1n) is 40.5. The highest BCUT2D eigenvalue weighted by atomic mass is 79.9. The van der Waals surface area contributed by atoms with Crippen LogP contribution in [0.3, 0.4) is 0 Å². The molecule has 0 saturated carbocycles. The quantitative estimate of drug-likeness (QED) is 0.162. The first-order chi connectivity index (χ1) is 59.8. The molecule has 0 fully saturated rings. The van der Waals surface area contributed by atoms with Crippen LogP contribution >= 0.6 is 31.9 Å². The topological polar surface area (TPSA) is 68.3 Å². The van der Waals surface area contributed by atoms with Gasteiger partial charge in [0.25, 0.3) is 6.71 Å². The molecule has 1 N–H and O–H groups in total. The maximum Gasteiger partial charge on any atom is 0.256 e. The lowest BCUT2D eigenvalue weighted by molar-refractivity contribution is 0.475. The summed E-state index contributed by atoms with van der Waals surface area (Å²) in [5, 5.41) is 24.6. The first kappa shape index (κ1) is 71.4. The lowest BCUT2D eigenvalue weighted by Crippen LogP contribution is -2.58. The second-order valence-electron chi connectivity index (χ2n) is 30.7. The van der Waals surface area contributed by atoms with E-state index < -0.39 is 0 Å². The standard InChI is InChI=1S/C36H21BN2O.C36H23BrN2O.C18H11BrFN.C18H13NO/c1-4-14-29-23(9-1)24-10-2-5-15-30(24)38(29)22-19-20-27-34(21-22)40-33-18-8-17-32-35(33)37(27)28-13-7-12-26-25-11-3-6-16-31(25)39(32)36(26)28;37-36-34(39-32-19-7-3-15-28(32)29-16-4-8-20-33(29)39)21-10-22-35(36)40-25-12-9-11-24(23-25)38-30-17-5-1-13-26(30)27-14-2-6-18-31(27)38;19-18-14(20)8-5-11-17(18)21-15-9-3-1-6-12(15)13-7-2-4-10-16(13)21;20-14-7-5-6-13(12-14)19-17-10-3-1-8-15(17)16-9-2-4-11-18(16)19/h1-21H;1-23H;1-11H;1-12,20H. The maximum atomic E-state index is 13.9. The number of halogens is 3. The molecule has 572 valence electrons. The molecule has 0 amide bonds. The minimum Gasteiger partial charge on any atom is -0.508 e. The molecule has 0 spiro atoms. The van der Waals surface area contributed by atoms with Gasteiger partial charge in [-0.05, 0) is 182 Å². The Morgan fingerprint density at radius 1 is 0.264 bits per heavy atom. The number of nitrogens with zero attached hydrogens (tertiary/aromatic N) is 6. The molecule has 6 aromatic heterocycles. The molecule has 18 aromatic carbocycles. The van der Waals surface area contributed by atoms with Gasteiger partial charge in [-0.25, -0.2) is 4.39 Å². The number of hydrogen-bond acceptors (Lipinski definition) is 3. The van der Waals surface area contributed by atoms with Gasteiger partial charge in [0.15, 0.2) is 0 Å². The summed E-state index contributed by atoms with van der Waals surface area (Å²) in [7, 11) is 0. The molecule has 0 atom stereocenters. The van der Waals surface area contributed by atoms with Gasteiger partial charge in [-0.1, -0.05) is 255 Å². The highest BCUT2D eigenvalue weighted by molar-refractivity contribution is 9.11. The van der Waals surface area contributed by atoms with Crippen molar-refractivity contribution < 1.29 is 19.0 Å². The molecule has 26 rings (SSSR count). The fraction of sp³-hybridized carbons (Fsp3) is 0. The predicted molar refractivity (Wildman–Crippen MR) is 507 cm³/mol. The monoisotopic (exact) mass is 1680 g/mol. The van der Waals surface area contributed by atoms with Gasteiger partial charge >= 0.3 is 0 Å². The van der Waals surface area contributed by atoms with Crippen LogP contribution in [0.25, 0.3) is 165 Å². The van der Waals surface area contributed by atoms with Crippen LogP contribution in [0.5, 0.6) is 28.7 Å². The van der Waals surface area contributed by atoms with E-state index in [9.17, 15) is 9.50 Å². The van der Waals surface area contributed by atoms with Crippen molar-refractivity contribution in [2.45, 2.75) is 0 Å². The third-order valence-electron chi connectivity index (χ3n) is 24.0. The lowest BCUT2D eigenvalue weighted by Gasteiger charge is -2.33. The third-order valence-corrected chi connectivity index (χ3v) is 25.6. The second-order valence-corrected chi connectivity index (χ2v) is 32.3. The molecule has 121 heavy (non-hydrogen) atoms. The van der Waals surface area contributed by atoms with Crippen LogP contribution in [0, 0.1) is 5.82 Å². The average Bonchev–Trinajstić information content (AvgIpc) is 1.60. The van der Waals surface area contributed by atoms with Gasteiger partial charge in [-0.2, -0.15) is 0 Å². The van der Waals surface area contributed by atoms with E-state index in [4.69, 9.17) is 9.47 Å². The summed E-state index contributed by atoms with van der Waals surface area (Å²) in [6.45, 7) is 0.114. The van der Waals surface area contributed by atoms with Crippen LogP contribution in [0.2, 0.25) is 0 Å². The molecule has 0 unspecified atom stereocenters. The van der Waals surface area contributed by atoms with Crippen molar-refractivity contribution in [2.24, 2.45) is 0 Å². The van der Waals surface area contributed by atoms with E-state index in [-0.39, 0.29) is 18.3 Å². The van der Waals surface area contributed by atoms with Gasteiger partial charge in [-0.3, -0.25) is 0 Å². The van der Waals surface area contributed by atoms with E-state index >= 15 is 0 Å². The van der Waals surface area contributed by atoms with Gasteiger partial charge < -0.3 is 42.0 Å². The molecule has 0 saturated heterocycles. The van der Waals surface area contributed by atoms with Crippen molar-refractivity contribution in [1.82, 2.24) is 27.4 Å². The van der Waals surface area contributed by atoms with Crippen LogP contribution in [-0.2, 0) is 0 Å². The Labute approximate surface area is 711 Å². The summed E-state index contributed by atoms with van der Waals surface area (Å²) in [5.74, 6) is 3.43. The van der Waals surface area contributed by atoms with Crippen molar-refractivity contribution in [1.29, 1.82) is 0 Å². The van der Waals surface area contributed by atoms with E-state index in [1.807, 2.05) is 66.7 Å². The number of aromatic hydroxyl groups is 1. The third kappa shape index (κ3) is 11.5. The predicted octanol–water partition coefficient (Wildman–Crippen LogP) is 27.4. The molecule has 9 nitrogen and oxygen atoms in total. The summed E-state index contributed by atoms with van der Waals surface area (Å²) in [6.07, 6.45) is 0. The minimum absolute atomic E-state index is 0.114. The Morgan fingerprint density at radius 2 is 0.603 bits per heavy atom. The normalized spacial score (nSPS) is 12.0. The van der Waals surface area contributed by atoms with Crippen LogP contribution in [0.1, 0.15) is 0 Å². The summed E-state index contributed by atoms with van der Waals surface area (Å²) in [4.78, 5) is 0. The lowest BCUT2D eigenvalue weighted by atomic mass is 9.34. The molecule has 24 aromatic rings. The van der Waals surface area contributed by atoms with Crippen LogP contribution in [0.4, 0.5) is 4.39 Å². The second kappa shape index (κ2) is 29.0. The van der Waals surface area contributed by atoms with Gasteiger partial charge in [0, 0.05) is 111 Å². The SMILES string of the molecule is Brc1c(Oc2cccc(-n3c4ccccc4c4ccccc43)c2)cccc1-n1c2ccccc2c2ccccc21.Fc1cccc(-n2c3ccccc3c3ccccc32)c1Br.Oc1cccc(-n2c3ccccc3c3ccccc32)c1.c1cc2c3c(c1)-n1c4ccccc4c4cccc(c41)B3c1ccc(-n3c4ccccc4c4ccccc43)cc1O2. The first-order valence-corrected chi connectivity index (χ1v) is 42.0. The molecular formula is C108H68BBr2FN6O3. The number of ether oxygens (including phenoxy) is 2. The Balaban J connectivity index is 0.0000000985. The maximum absolute atomic E-state index is 13.9. The van der Waals surface area contributed by atoms with Crippen LogP contribution < -0.4 is 25.9 Å². The zero-order valence-electron chi connectivity index (χ0n) is 64.8. The van der Waals surface area contributed by atoms with E-state index in [1.54, 1.807) is 18.2 Å². The Bertz CT molecular complexity index is 8090. The Morgan fingerprint density at radius 3 is 1.05 bits per heavy atom. The van der Waals surface area contributed by atoms with Crippen molar-refractivity contribution >= 4 is 186 Å². The smallest absolute Gasteiger partial charge is 0.256 e. The molecule has 8 heterocycles. The van der Waals surface area contributed by atoms with E-state index in [0.29, 0.717) is 4.47 Å². The van der Waals surface area contributed by atoms with E-state index in [2.05, 4.69) is 375 Å². The van der Waals surface area contributed by atoms with Crippen LogP contribution in [-0.4, -0.2) is 39.2 Å². The fourth-order valence-electron chi connectivity index (χ4n) is 19.0. The van der Waals surface area contributed by atoms with E-state index in [0.717, 1.165) is 89.0 Å². The summed E-state index contributed by atoms with van der Waals surface area (Å²) in [5.41, 5.74) is 24.1. The number of benzene rings is 18. The van der Waals surface area contributed by atoms with Gasteiger partial charge in [0.05, 0.1) is 81.0 Å². The zero-order chi connectivity index (χ0) is 80.5. The molecule has 13 heteroatoms.